The van der Waals surface area contributed by atoms with E-state index < -0.39 is 0 Å². The lowest BCUT2D eigenvalue weighted by Crippen LogP contribution is -2.49. The minimum Gasteiger partial charge on any atom is -0.327 e. The molecule has 3 atom stereocenters. The molecule has 2 aliphatic rings. The van der Waals surface area contributed by atoms with Gasteiger partial charge in [0, 0.05) is 18.6 Å². The summed E-state index contributed by atoms with van der Waals surface area (Å²) in [5, 5.41) is 0. The highest BCUT2D eigenvalue weighted by atomic mass is 15.2. The number of rotatable bonds is 4. The van der Waals surface area contributed by atoms with E-state index in [4.69, 9.17) is 5.73 Å². The Morgan fingerprint density at radius 1 is 1.33 bits per heavy atom. The van der Waals surface area contributed by atoms with Crippen LogP contribution in [0.4, 0.5) is 0 Å². The van der Waals surface area contributed by atoms with Crippen LogP contribution in [0.2, 0.25) is 0 Å². The van der Waals surface area contributed by atoms with Crippen LogP contribution in [0, 0.1) is 11.8 Å². The molecule has 2 nitrogen and oxygen atoms in total. The number of likely N-dealkylation sites (tertiary alicyclic amines) is 1. The van der Waals surface area contributed by atoms with Crippen molar-refractivity contribution in [1.29, 1.82) is 0 Å². The molecule has 0 aromatic rings. The molecule has 0 aromatic heterocycles. The average Bonchev–Trinajstić information content (AvgIpc) is 3.02. The molecule has 2 fully saturated rings. The minimum atomic E-state index is 0.444. The summed E-state index contributed by atoms with van der Waals surface area (Å²) < 4.78 is 0. The smallest absolute Gasteiger partial charge is 0.00954 e. The molecule has 1 saturated heterocycles. The van der Waals surface area contributed by atoms with E-state index in [1.165, 1.54) is 45.2 Å². The Morgan fingerprint density at radius 2 is 2.07 bits per heavy atom. The van der Waals surface area contributed by atoms with Crippen LogP contribution in [-0.4, -0.2) is 30.1 Å². The SMILES string of the molecule is CCC(CC1CC1)N1CCC(N)C(C)C1. The summed E-state index contributed by atoms with van der Waals surface area (Å²) >= 11 is 0. The van der Waals surface area contributed by atoms with Crippen molar-refractivity contribution in [1.82, 2.24) is 4.90 Å². The first-order valence-corrected chi connectivity index (χ1v) is 6.70. The van der Waals surface area contributed by atoms with Gasteiger partial charge < -0.3 is 10.6 Å². The van der Waals surface area contributed by atoms with Gasteiger partial charge in [0.1, 0.15) is 0 Å². The maximum absolute atomic E-state index is 6.07. The second-order valence-electron chi connectivity index (χ2n) is 5.67. The Balaban J connectivity index is 1.84. The zero-order chi connectivity index (χ0) is 10.8. The van der Waals surface area contributed by atoms with Gasteiger partial charge in [-0.25, -0.2) is 0 Å². The first-order chi connectivity index (χ1) is 7.20. The first kappa shape index (κ1) is 11.4. The molecule has 1 aliphatic carbocycles. The summed E-state index contributed by atoms with van der Waals surface area (Å²) in [5.74, 6) is 1.74. The van der Waals surface area contributed by atoms with Gasteiger partial charge in [0.05, 0.1) is 0 Å². The quantitative estimate of drug-likeness (QED) is 0.771. The van der Waals surface area contributed by atoms with Crippen LogP contribution >= 0.6 is 0 Å². The van der Waals surface area contributed by atoms with E-state index in [-0.39, 0.29) is 0 Å². The molecule has 2 N–H and O–H groups in total. The lowest BCUT2D eigenvalue weighted by Gasteiger charge is -2.40. The van der Waals surface area contributed by atoms with Crippen LogP contribution in [-0.2, 0) is 0 Å². The van der Waals surface area contributed by atoms with Crippen molar-refractivity contribution < 1.29 is 0 Å². The largest absolute Gasteiger partial charge is 0.327 e. The molecule has 1 aliphatic heterocycles. The zero-order valence-electron chi connectivity index (χ0n) is 10.3. The number of nitrogens with two attached hydrogens (primary N) is 1. The fourth-order valence-electron chi connectivity index (χ4n) is 2.84. The molecule has 1 saturated carbocycles. The van der Waals surface area contributed by atoms with Crippen LogP contribution in [0.15, 0.2) is 0 Å². The minimum absolute atomic E-state index is 0.444. The fraction of sp³-hybridized carbons (Fsp3) is 1.00. The second kappa shape index (κ2) is 4.84. The predicted molar refractivity (Wildman–Crippen MR) is 64.7 cm³/mol. The first-order valence-electron chi connectivity index (χ1n) is 6.70. The maximum Gasteiger partial charge on any atom is 0.00954 e. The summed E-state index contributed by atoms with van der Waals surface area (Å²) in [6.07, 6.45) is 6.93. The number of hydrogen-bond acceptors (Lipinski definition) is 2. The Hall–Kier alpha value is -0.0800. The Bertz CT molecular complexity index is 201. The highest BCUT2D eigenvalue weighted by Gasteiger charge is 2.31. The molecule has 3 unspecified atom stereocenters. The molecule has 2 heteroatoms. The maximum atomic E-state index is 6.07. The molecule has 0 aromatic carbocycles. The van der Waals surface area contributed by atoms with E-state index in [1.54, 1.807) is 0 Å². The highest BCUT2D eigenvalue weighted by molar-refractivity contribution is 4.86. The summed E-state index contributed by atoms with van der Waals surface area (Å²) in [6, 6.07) is 1.28. The van der Waals surface area contributed by atoms with Gasteiger partial charge in [0.25, 0.3) is 0 Å². The number of nitrogens with zero attached hydrogens (tertiary/aromatic N) is 1. The van der Waals surface area contributed by atoms with E-state index in [1.807, 2.05) is 0 Å². The molecule has 1 heterocycles. The number of piperidine rings is 1. The van der Waals surface area contributed by atoms with Crippen molar-refractivity contribution in [3.05, 3.63) is 0 Å². The standard InChI is InChI=1S/C13H26N2/c1-3-12(8-11-4-5-11)15-7-6-13(14)10(2)9-15/h10-13H,3-9,14H2,1-2H3. The van der Waals surface area contributed by atoms with Crippen molar-refractivity contribution in [2.45, 2.75) is 58.0 Å². The third-order valence-corrected chi connectivity index (χ3v) is 4.29. The van der Waals surface area contributed by atoms with Gasteiger partial charge in [0.2, 0.25) is 0 Å². The Kier molecular flexibility index (Phi) is 3.68. The van der Waals surface area contributed by atoms with Crippen molar-refractivity contribution in [3.8, 4) is 0 Å². The van der Waals surface area contributed by atoms with E-state index in [9.17, 15) is 0 Å². The molecule has 88 valence electrons. The molecule has 0 spiro atoms. The van der Waals surface area contributed by atoms with Crippen LogP contribution < -0.4 is 5.73 Å². The van der Waals surface area contributed by atoms with Crippen molar-refractivity contribution >= 4 is 0 Å². The average molecular weight is 210 g/mol. The van der Waals surface area contributed by atoms with Crippen LogP contribution in [0.25, 0.3) is 0 Å². The Labute approximate surface area is 94.2 Å². The third kappa shape index (κ3) is 2.94. The monoisotopic (exact) mass is 210 g/mol. The van der Waals surface area contributed by atoms with Gasteiger partial charge in [-0.1, -0.05) is 26.7 Å². The second-order valence-corrected chi connectivity index (χ2v) is 5.67. The molecule has 0 radical (unpaired) electrons. The van der Waals surface area contributed by atoms with Crippen molar-refractivity contribution in [3.63, 3.8) is 0 Å². The highest BCUT2D eigenvalue weighted by Crippen LogP contribution is 2.36. The summed E-state index contributed by atoms with van der Waals surface area (Å²) in [5.41, 5.74) is 6.07. The van der Waals surface area contributed by atoms with Gasteiger partial charge in [-0.15, -0.1) is 0 Å². The third-order valence-electron chi connectivity index (χ3n) is 4.29. The zero-order valence-corrected chi connectivity index (χ0v) is 10.3. The molecule has 0 bridgehead atoms. The molecule has 0 amide bonds. The van der Waals surface area contributed by atoms with E-state index in [0.717, 1.165) is 12.0 Å². The van der Waals surface area contributed by atoms with Gasteiger partial charge in [-0.05, 0) is 37.6 Å². The summed E-state index contributed by atoms with van der Waals surface area (Å²) in [7, 11) is 0. The van der Waals surface area contributed by atoms with Crippen molar-refractivity contribution in [2.24, 2.45) is 17.6 Å². The fourth-order valence-corrected chi connectivity index (χ4v) is 2.84. The molecule has 2 rings (SSSR count). The topological polar surface area (TPSA) is 29.3 Å². The van der Waals surface area contributed by atoms with Crippen LogP contribution in [0.5, 0.6) is 0 Å². The lowest BCUT2D eigenvalue weighted by atomic mass is 9.92. The summed E-state index contributed by atoms with van der Waals surface area (Å²) in [6.45, 7) is 7.11. The molecular formula is C13H26N2. The van der Waals surface area contributed by atoms with Gasteiger partial charge in [-0.3, -0.25) is 0 Å². The van der Waals surface area contributed by atoms with E-state index in [0.29, 0.717) is 12.0 Å². The normalized spacial score (nSPS) is 35.4. The van der Waals surface area contributed by atoms with Gasteiger partial charge >= 0.3 is 0 Å². The van der Waals surface area contributed by atoms with Crippen LogP contribution in [0.1, 0.15) is 46.0 Å². The number of hydrogen-bond donors (Lipinski definition) is 1. The van der Waals surface area contributed by atoms with Crippen molar-refractivity contribution in [2.75, 3.05) is 13.1 Å². The van der Waals surface area contributed by atoms with E-state index in [2.05, 4.69) is 18.7 Å². The molecular weight excluding hydrogens is 184 g/mol. The predicted octanol–water partition coefficient (Wildman–Crippen LogP) is 2.23. The molecule has 15 heavy (non-hydrogen) atoms. The Morgan fingerprint density at radius 3 is 2.60 bits per heavy atom. The van der Waals surface area contributed by atoms with E-state index >= 15 is 0 Å². The van der Waals surface area contributed by atoms with Gasteiger partial charge in [0.15, 0.2) is 0 Å². The lowest BCUT2D eigenvalue weighted by molar-refractivity contribution is 0.104. The van der Waals surface area contributed by atoms with Gasteiger partial charge in [-0.2, -0.15) is 0 Å². The van der Waals surface area contributed by atoms with Crippen LogP contribution in [0.3, 0.4) is 0 Å². The summed E-state index contributed by atoms with van der Waals surface area (Å²) in [4.78, 5) is 2.70.